The zero-order chi connectivity index (χ0) is 17.8. The first kappa shape index (κ1) is 22.4. The van der Waals surface area contributed by atoms with Crippen LogP contribution in [0.4, 0.5) is 0 Å². The minimum atomic E-state index is -1.34. The molecule has 24 heavy (non-hydrogen) atoms. The van der Waals surface area contributed by atoms with Crippen LogP contribution in [0, 0.1) is 0 Å². The first-order chi connectivity index (χ1) is 11.7. The smallest absolute Gasteiger partial charge is 0.320 e. The Hall–Kier alpha value is 0.314. The van der Waals surface area contributed by atoms with Crippen LogP contribution in [0.15, 0.2) is 0 Å². The first-order valence-corrected chi connectivity index (χ1v) is 14.8. The molecule has 144 valence electrons. The van der Waals surface area contributed by atoms with Gasteiger partial charge in [-0.15, -0.1) is 0 Å². The van der Waals surface area contributed by atoms with Gasteiger partial charge in [0.15, 0.2) is 0 Å². The van der Waals surface area contributed by atoms with Crippen LogP contribution in [-0.2, 0) is 8.85 Å². The van der Waals surface area contributed by atoms with Crippen molar-refractivity contribution < 1.29 is 8.85 Å². The summed E-state index contributed by atoms with van der Waals surface area (Å²) in [6, 6.07) is 6.34. The zero-order valence-electron chi connectivity index (χ0n) is 17.1. The Labute approximate surface area is 154 Å². The number of nitrogens with zero attached hydrogens (tertiary/aromatic N) is 1. The van der Waals surface area contributed by atoms with Crippen LogP contribution in [0.25, 0.3) is 0 Å². The molecule has 0 spiro atoms. The molecule has 1 rings (SSSR count). The molecule has 0 aromatic rings. The lowest BCUT2D eigenvalue weighted by molar-refractivity contribution is 0.237. The summed E-state index contributed by atoms with van der Waals surface area (Å²) in [6.45, 7) is 8.73. The summed E-state index contributed by atoms with van der Waals surface area (Å²) >= 11 is 0. The molecule has 0 heterocycles. The Balaban J connectivity index is 2.55. The number of rotatable bonds is 13. The Kier molecular flexibility index (Phi) is 11.8. The molecule has 0 radical (unpaired) electrons. The van der Waals surface area contributed by atoms with Gasteiger partial charge in [0.05, 0.1) is 0 Å². The highest BCUT2D eigenvalue weighted by Gasteiger charge is 2.38. The largest absolute Gasteiger partial charge is 0.400 e. The fraction of sp³-hybridized carbons (Fsp3) is 1.00. The Morgan fingerprint density at radius 2 is 1.46 bits per heavy atom. The molecule has 1 aliphatic carbocycles. The molecule has 0 amide bonds. The molecule has 1 saturated carbocycles. The number of hydrogen-bond acceptors (Lipinski definition) is 3. The third kappa shape index (κ3) is 6.56. The third-order valence-corrected chi connectivity index (χ3v) is 14.2. The van der Waals surface area contributed by atoms with Gasteiger partial charge in [-0.05, 0) is 50.0 Å². The van der Waals surface area contributed by atoms with E-state index in [9.17, 15) is 0 Å². The van der Waals surface area contributed by atoms with Crippen LogP contribution in [0.1, 0.15) is 72.1 Å². The molecule has 0 atom stereocenters. The van der Waals surface area contributed by atoms with Gasteiger partial charge in [-0.3, -0.25) is 0 Å². The molecule has 1 aliphatic rings. The predicted octanol–water partition coefficient (Wildman–Crippen LogP) is 5.31. The highest BCUT2D eigenvalue weighted by Crippen LogP contribution is 2.33. The van der Waals surface area contributed by atoms with Crippen molar-refractivity contribution in [2.75, 3.05) is 20.8 Å². The minimum Gasteiger partial charge on any atom is -0.400 e. The van der Waals surface area contributed by atoms with Gasteiger partial charge >= 0.3 is 9.28 Å². The second-order valence-corrected chi connectivity index (χ2v) is 15.0. The average Bonchev–Trinajstić information content (AvgIpc) is 2.65. The second kappa shape index (κ2) is 12.6. The molecule has 3 nitrogen and oxygen atoms in total. The van der Waals surface area contributed by atoms with Crippen molar-refractivity contribution in [3.63, 3.8) is 0 Å². The van der Waals surface area contributed by atoms with E-state index in [0.29, 0.717) is 0 Å². The van der Waals surface area contributed by atoms with Crippen molar-refractivity contribution in [3.05, 3.63) is 0 Å². The van der Waals surface area contributed by atoms with Crippen LogP contribution < -0.4 is 0 Å². The van der Waals surface area contributed by atoms with E-state index >= 15 is 0 Å². The standard InChI is InChI=1S/C19H43NO2Si2/c1-6-24(7-2,8-3)20(19-15-11-9-12-16-19)17-13-10-14-18-23(21-4)22-5/h19,23H,6-18H2,1-5H3. The maximum absolute atomic E-state index is 5.44. The maximum atomic E-state index is 5.44. The summed E-state index contributed by atoms with van der Waals surface area (Å²) in [7, 11) is 1.02. The quantitative estimate of drug-likeness (QED) is 0.322. The van der Waals surface area contributed by atoms with E-state index in [2.05, 4.69) is 25.3 Å². The summed E-state index contributed by atoms with van der Waals surface area (Å²) in [5, 5.41) is 0. The van der Waals surface area contributed by atoms with Gasteiger partial charge in [-0.25, -0.2) is 0 Å². The molecule has 5 heteroatoms. The summed E-state index contributed by atoms with van der Waals surface area (Å²) in [5.41, 5.74) is 0. The van der Waals surface area contributed by atoms with Gasteiger partial charge in [-0.1, -0.05) is 52.9 Å². The van der Waals surface area contributed by atoms with Crippen molar-refractivity contribution in [1.82, 2.24) is 4.57 Å². The fourth-order valence-electron chi connectivity index (χ4n) is 4.66. The van der Waals surface area contributed by atoms with Gasteiger partial charge in [0, 0.05) is 20.3 Å². The molecule has 0 saturated heterocycles. The van der Waals surface area contributed by atoms with Crippen molar-refractivity contribution in [1.29, 1.82) is 0 Å². The zero-order valence-corrected chi connectivity index (χ0v) is 19.3. The summed E-state index contributed by atoms with van der Waals surface area (Å²) in [6.07, 6.45) is 11.3. The van der Waals surface area contributed by atoms with E-state index in [4.69, 9.17) is 8.85 Å². The molecular weight excluding hydrogens is 330 g/mol. The van der Waals surface area contributed by atoms with E-state index < -0.39 is 17.5 Å². The second-order valence-electron chi connectivity index (χ2n) is 7.52. The molecule has 0 unspecified atom stereocenters. The van der Waals surface area contributed by atoms with Gasteiger partial charge in [0.25, 0.3) is 0 Å². The summed E-state index contributed by atoms with van der Waals surface area (Å²) in [5.74, 6) is 0. The van der Waals surface area contributed by atoms with Crippen LogP contribution in [0.5, 0.6) is 0 Å². The number of hydrogen-bond donors (Lipinski definition) is 0. The van der Waals surface area contributed by atoms with Gasteiger partial charge in [0.2, 0.25) is 0 Å². The van der Waals surface area contributed by atoms with E-state index in [1.807, 2.05) is 0 Å². The van der Waals surface area contributed by atoms with E-state index in [-0.39, 0.29) is 0 Å². The van der Waals surface area contributed by atoms with Crippen LogP contribution in [0.3, 0.4) is 0 Å². The van der Waals surface area contributed by atoms with Crippen LogP contribution >= 0.6 is 0 Å². The SMILES string of the molecule is CC[Si](CC)(CC)N(CCCCC[SiH](OC)OC)C1CCCCC1. The van der Waals surface area contributed by atoms with E-state index in [0.717, 1.165) is 12.1 Å². The summed E-state index contributed by atoms with van der Waals surface area (Å²) < 4.78 is 14.0. The van der Waals surface area contributed by atoms with Gasteiger partial charge < -0.3 is 13.4 Å². The molecule has 1 fully saturated rings. The van der Waals surface area contributed by atoms with Crippen molar-refractivity contribution in [2.24, 2.45) is 0 Å². The first-order valence-electron chi connectivity index (χ1n) is 10.5. The number of unbranched alkanes of at least 4 members (excludes halogenated alkanes) is 2. The molecule has 0 aliphatic heterocycles. The third-order valence-electron chi connectivity index (χ3n) is 6.46. The lowest BCUT2D eigenvalue weighted by Crippen LogP contribution is -2.57. The minimum absolute atomic E-state index is 0.894. The summed E-state index contributed by atoms with van der Waals surface area (Å²) in [4.78, 5) is 0. The molecule has 0 aromatic carbocycles. The van der Waals surface area contributed by atoms with Crippen LogP contribution in [0.2, 0.25) is 24.2 Å². The lowest BCUT2D eigenvalue weighted by atomic mass is 9.95. The average molecular weight is 374 g/mol. The highest BCUT2D eigenvalue weighted by molar-refractivity contribution is 6.77. The van der Waals surface area contributed by atoms with Crippen molar-refractivity contribution in [3.8, 4) is 0 Å². The molecule has 0 aromatic heterocycles. The van der Waals surface area contributed by atoms with E-state index in [1.165, 1.54) is 76.0 Å². The van der Waals surface area contributed by atoms with E-state index in [1.54, 1.807) is 14.2 Å². The Morgan fingerprint density at radius 3 is 1.96 bits per heavy atom. The predicted molar refractivity (Wildman–Crippen MR) is 111 cm³/mol. The van der Waals surface area contributed by atoms with Gasteiger partial charge in [-0.2, -0.15) is 0 Å². The van der Waals surface area contributed by atoms with Crippen LogP contribution in [-0.4, -0.2) is 48.9 Å². The normalized spacial score (nSPS) is 17.1. The van der Waals surface area contributed by atoms with Crippen molar-refractivity contribution >= 4 is 17.5 Å². The Bertz CT molecular complexity index is 295. The topological polar surface area (TPSA) is 21.7 Å². The van der Waals surface area contributed by atoms with Crippen molar-refractivity contribution in [2.45, 2.75) is 102 Å². The Morgan fingerprint density at radius 1 is 0.875 bits per heavy atom. The van der Waals surface area contributed by atoms with Gasteiger partial charge in [0.1, 0.15) is 8.24 Å². The monoisotopic (exact) mass is 373 g/mol. The maximum Gasteiger partial charge on any atom is 0.320 e. The molecule has 0 bridgehead atoms. The molecule has 0 N–H and O–H groups in total. The lowest BCUT2D eigenvalue weighted by Gasteiger charge is -2.47. The highest BCUT2D eigenvalue weighted by atomic mass is 28.3. The molecular formula is C19H43NO2Si2. The fourth-order valence-corrected chi connectivity index (χ4v) is 10.3.